The quantitative estimate of drug-likeness (QED) is 0.900. The van der Waals surface area contributed by atoms with Gasteiger partial charge in [0.1, 0.15) is 12.7 Å². The number of rotatable bonds is 4. The third kappa shape index (κ3) is 2.88. The lowest BCUT2D eigenvalue weighted by Crippen LogP contribution is -2.38. The maximum Gasteiger partial charge on any atom is 0.161 e. The summed E-state index contributed by atoms with van der Waals surface area (Å²) in [6.07, 6.45) is 3.91. The van der Waals surface area contributed by atoms with Gasteiger partial charge in [-0.1, -0.05) is 12.1 Å². The maximum atomic E-state index is 5.87. The summed E-state index contributed by atoms with van der Waals surface area (Å²) in [6, 6.07) is 7.76. The Morgan fingerprint density at radius 3 is 3.00 bits per heavy atom. The van der Waals surface area contributed by atoms with E-state index in [0.29, 0.717) is 6.61 Å². The summed E-state index contributed by atoms with van der Waals surface area (Å²) in [7, 11) is 1.92. The van der Waals surface area contributed by atoms with Crippen LogP contribution in [0.25, 0.3) is 0 Å². The average molecular weight is 259 g/mol. The number of benzene rings is 1. The molecule has 2 aromatic rings. The van der Waals surface area contributed by atoms with Gasteiger partial charge < -0.3 is 14.8 Å². The van der Waals surface area contributed by atoms with Crippen molar-refractivity contribution in [3.63, 3.8) is 0 Å². The van der Waals surface area contributed by atoms with Crippen LogP contribution in [0.4, 0.5) is 0 Å². The van der Waals surface area contributed by atoms with E-state index in [1.165, 1.54) is 5.56 Å². The van der Waals surface area contributed by atoms with E-state index in [2.05, 4.69) is 10.4 Å². The molecule has 1 aromatic carbocycles. The minimum Gasteiger partial charge on any atom is -0.486 e. The molecule has 0 aliphatic carbocycles. The lowest BCUT2D eigenvalue weighted by molar-refractivity contribution is 0.0902. The fourth-order valence-electron chi connectivity index (χ4n) is 2.10. The number of aromatic nitrogens is 2. The maximum absolute atomic E-state index is 5.87. The molecule has 100 valence electrons. The zero-order valence-corrected chi connectivity index (χ0v) is 10.9. The van der Waals surface area contributed by atoms with Gasteiger partial charge in [0.05, 0.1) is 6.20 Å². The zero-order chi connectivity index (χ0) is 13.1. The van der Waals surface area contributed by atoms with Crippen molar-refractivity contribution < 1.29 is 9.47 Å². The van der Waals surface area contributed by atoms with E-state index in [9.17, 15) is 0 Å². The molecule has 3 rings (SSSR count). The second kappa shape index (κ2) is 5.32. The van der Waals surface area contributed by atoms with Crippen LogP contribution in [0.3, 0.4) is 0 Å². The van der Waals surface area contributed by atoms with Gasteiger partial charge in [-0.3, -0.25) is 4.68 Å². The molecular weight excluding hydrogens is 242 g/mol. The molecule has 0 saturated carbocycles. The van der Waals surface area contributed by atoms with Crippen LogP contribution in [-0.4, -0.2) is 29.0 Å². The summed E-state index contributed by atoms with van der Waals surface area (Å²) in [5, 5.41) is 7.49. The number of ether oxygens (including phenoxy) is 2. The lowest BCUT2D eigenvalue weighted by Gasteiger charge is -2.26. The molecule has 1 aliphatic rings. The van der Waals surface area contributed by atoms with Crippen LogP contribution in [0, 0.1) is 0 Å². The lowest BCUT2D eigenvalue weighted by atomic mass is 10.2. The van der Waals surface area contributed by atoms with Crippen LogP contribution < -0.4 is 14.8 Å². The van der Waals surface area contributed by atoms with E-state index in [-0.39, 0.29) is 6.10 Å². The Morgan fingerprint density at radius 2 is 2.21 bits per heavy atom. The number of nitrogens with zero attached hydrogens (tertiary/aromatic N) is 2. The molecule has 1 aromatic heterocycles. The summed E-state index contributed by atoms with van der Waals surface area (Å²) in [5.74, 6) is 1.65. The Bertz CT molecular complexity index is 553. The Labute approximate surface area is 112 Å². The van der Waals surface area contributed by atoms with Crippen LogP contribution in [0.1, 0.15) is 5.56 Å². The third-order valence-corrected chi connectivity index (χ3v) is 3.03. The van der Waals surface area contributed by atoms with E-state index in [4.69, 9.17) is 9.47 Å². The standard InChI is InChI=1S/C14H17N3O2/c1-17-9-11(7-16-17)6-15-8-12-10-18-13-4-2-3-5-14(13)19-12/h2-5,7,9,12,15H,6,8,10H2,1H3/t12-/m1/s1. The monoisotopic (exact) mass is 259 g/mol. The van der Waals surface area contributed by atoms with E-state index >= 15 is 0 Å². The predicted molar refractivity (Wildman–Crippen MR) is 71.3 cm³/mol. The molecule has 0 saturated heterocycles. The number of para-hydroxylation sites is 2. The highest BCUT2D eigenvalue weighted by Gasteiger charge is 2.19. The first-order chi connectivity index (χ1) is 9.31. The van der Waals surface area contributed by atoms with E-state index in [1.54, 1.807) is 4.68 Å². The summed E-state index contributed by atoms with van der Waals surface area (Å²) in [5.41, 5.74) is 1.17. The van der Waals surface area contributed by atoms with Gasteiger partial charge in [-0.25, -0.2) is 0 Å². The van der Waals surface area contributed by atoms with E-state index in [0.717, 1.165) is 24.6 Å². The highest BCUT2D eigenvalue weighted by Crippen LogP contribution is 2.30. The molecule has 19 heavy (non-hydrogen) atoms. The van der Waals surface area contributed by atoms with Crippen LogP contribution in [0.15, 0.2) is 36.7 Å². The first-order valence-corrected chi connectivity index (χ1v) is 6.38. The van der Waals surface area contributed by atoms with Gasteiger partial charge in [0, 0.05) is 31.9 Å². The van der Waals surface area contributed by atoms with Crippen LogP contribution in [0.5, 0.6) is 11.5 Å². The van der Waals surface area contributed by atoms with Crippen molar-refractivity contribution in [2.45, 2.75) is 12.6 Å². The molecule has 0 fully saturated rings. The number of aryl methyl sites for hydroxylation is 1. The Balaban J connectivity index is 1.50. The van der Waals surface area contributed by atoms with Gasteiger partial charge in [0.15, 0.2) is 11.5 Å². The molecule has 0 unspecified atom stereocenters. The Kier molecular flexibility index (Phi) is 3.37. The molecule has 5 heteroatoms. The number of nitrogens with one attached hydrogen (secondary N) is 1. The Hall–Kier alpha value is -2.01. The average Bonchev–Trinajstić information content (AvgIpc) is 2.84. The van der Waals surface area contributed by atoms with E-state index < -0.39 is 0 Å². The van der Waals surface area contributed by atoms with Gasteiger partial charge in [-0.2, -0.15) is 5.10 Å². The molecule has 2 heterocycles. The first-order valence-electron chi connectivity index (χ1n) is 6.38. The number of hydrogen-bond donors (Lipinski definition) is 1. The molecule has 0 radical (unpaired) electrons. The molecule has 5 nitrogen and oxygen atoms in total. The Morgan fingerprint density at radius 1 is 1.37 bits per heavy atom. The number of fused-ring (bicyclic) bond motifs is 1. The highest BCUT2D eigenvalue weighted by molar-refractivity contribution is 5.40. The largest absolute Gasteiger partial charge is 0.486 e. The van der Waals surface area contributed by atoms with Crippen molar-refractivity contribution in [2.24, 2.45) is 7.05 Å². The molecule has 1 atom stereocenters. The van der Waals surface area contributed by atoms with Crippen molar-refractivity contribution in [3.05, 3.63) is 42.2 Å². The molecular formula is C14H17N3O2. The minimum atomic E-state index is 0.0478. The smallest absolute Gasteiger partial charge is 0.161 e. The molecule has 0 amide bonds. The SMILES string of the molecule is Cn1cc(CNC[C@@H]2COc3ccccc3O2)cn1. The molecule has 0 spiro atoms. The van der Waals surface area contributed by atoms with Gasteiger partial charge in [0.25, 0.3) is 0 Å². The molecule has 1 N–H and O–H groups in total. The molecule has 1 aliphatic heterocycles. The topological polar surface area (TPSA) is 48.3 Å². The summed E-state index contributed by atoms with van der Waals surface area (Å²) in [4.78, 5) is 0. The van der Waals surface area contributed by atoms with Gasteiger partial charge in [-0.15, -0.1) is 0 Å². The van der Waals surface area contributed by atoms with Crippen LogP contribution in [-0.2, 0) is 13.6 Å². The summed E-state index contributed by atoms with van der Waals surface area (Å²) < 4.78 is 13.3. The van der Waals surface area contributed by atoms with Crippen LogP contribution >= 0.6 is 0 Å². The van der Waals surface area contributed by atoms with Crippen molar-refractivity contribution in [1.29, 1.82) is 0 Å². The first kappa shape index (κ1) is 12.0. The van der Waals surface area contributed by atoms with Crippen molar-refractivity contribution >= 4 is 0 Å². The fourth-order valence-corrected chi connectivity index (χ4v) is 2.10. The van der Waals surface area contributed by atoms with E-state index in [1.807, 2.05) is 43.7 Å². The van der Waals surface area contributed by atoms with Gasteiger partial charge in [-0.05, 0) is 12.1 Å². The zero-order valence-electron chi connectivity index (χ0n) is 10.9. The van der Waals surface area contributed by atoms with Gasteiger partial charge >= 0.3 is 0 Å². The van der Waals surface area contributed by atoms with Crippen molar-refractivity contribution in [3.8, 4) is 11.5 Å². The second-order valence-corrected chi connectivity index (χ2v) is 4.65. The summed E-state index contributed by atoms with van der Waals surface area (Å²) >= 11 is 0. The second-order valence-electron chi connectivity index (χ2n) is 4.65. The van der Waals surface area contributed by atoms with Crippen LogP contribution in [0.2, 0.25) is 0 Å². The molecule has 0 bridgehead atoms. The normalized spacial score (nSPS) is 17.4. The summed E-state index contributed by atoms with van der Waals surface area (Å²) in [6.45, 7) is 2.12. The fraction of sp³-hybridized carbons (Fsp3) is 0.357. The number of hydrogen-bond acceptors (Lipinski definition) is 4. The van der Waals surface area contributed by atoms with Crippen molar-refractivity contribution in [2.75, 3.05) is 13.2 Å². The highest BCUT2D eigenvalue weighted by atomic mass is 16.6. The third-order valence-electron chi connectivity index (χ3n) is 3.03. The van der Waals surface area contributed by atoms with Crippen molar-refractivity contribution in [1.82, 2.24) is 15.1 Å². The van der Waals surface area contributed by atoms with Gasteiger partial charge in [0.2, 0.25) is 0 Å². The predicted octanol–water partition coefficient (Wildman–Crippen LogP) is 1.35. The minimum absolute atomic E-state index is 0.0478.